The smallest absolute Gasteiger partial charge is 0.541 e. The largest absolute Gasteiger partial charge is 1.00 e. The maximum Gasteiger partial charge on any atom is 1.00 e. The quantitative estimate of drug-likeness (QED) is 0.282. The molecule has 0 unspecified atom stereocenters. The average Bonchev–Trinajstić information content (AvgIpc) is 2.61. The standard InChI is InChI=1S/C9H5BrN2O3.K/c10-8-6-4(1-2-11-8)5(3-12-6)7(13)9(14)15;/h1-3,12H,(H,14,15);/q;+1/p-1. The van der Waals surface area contributed by atoms with Gasteiger partial charge in [-0.3, -0.25) is 4.79 Å². The number of carboxylic acids is 1. The van der Waals surface area contributed by atoms with Crippen molar-refractivity contribution >= 4 is 38.6 Å². The Kier molecular flexibility index (Phi) is 4.83. The van der Waals surface area contributed by atoms with Gasteiger partial charge in [0.05, 0.1) is 5.52 Å². The summed E-state index contributed by atoms with van der Waals surface area (Å²) < 4.78 is 0.525. The van der Waals surface area contributed by atoms with Crippen LogP contribution >= 0.6 is 15.9 Å². The Morgan fingerprint density at radius 1 is 1.44 bits per heavy atom. The van der Waals surface area contributed by atoms with Crippen molar-refractivity contribution in [2.75, 3.05) is 0 Å². The number of ketones is 1. The summed E-state index contributed by atoms with van der Waals surface area (Å²) in [6.45, 7) is 0. The number of rotatable bonds is 2. The van der Waals surface area contributed by atoms with Crippen molar-refractivity contribution < 1.29 is 66.1 Å². The van der Waals surface area contributed by atoms with Crippen molar-refractivity contribution in [2.45, 2.75) is 0 Å². The molecule has 0 radical (unpaired) electrons. The van der Waals surface area contributed by atoms with Crippen molar-refractivity contribution in [3.63, 3.8) is 0 Å². The van der Waals surface area contributed by atoms with Crippen LogP contribution in [0.15, 0.2) is 23.1 Å². The molecule has 0 bridgehead atoms. The fourth-order valence-electron chi connectivity index (χ4n) is 1.32. The van der Waals surface area contributed by atoms with Gasteiger partial charge in [-0.15, -0.1) is 0 Å². The third kappa shape index (κ3) is 2.44. The molecule has 76 valence electrons. The van der Waals surface area contributed by atoms with Gasteiger partial charge in [0.2, 0.25) is 5.78 Å². The van der Waals surface area contributed by atoms with Crippen LogP contribution in [0.2, 0.25) is 0 Å². The Morgan fingerprint density at radius 2 is 2.12 bits per heavy atom. The molecule has 0 fully saturated rings. The summed E-state index contributed by atoms with van der Waals surface area (Å²) in [5.74, 6) is -2.76. The van der Waals surface area contributed by atoms with E-state index >= 15 is 0 Å². The fourth-order valence-corrected chi connectivity index (χ4v) is 1.76. The second-order valence-corrected chi connectivity index (χ2v) is 3.59. The monoisotopic (exact) mass is 306 g/mol. The number of hydrogen-bond donors (Lipinski definition) is 1. The van der Waals surface area contributed by atoms with Crippen molar-refractivity contribution in [2.24, 2.45) is 0 Å². The van der Waals surface area contributed by atoms with E-state index in [0.29, 0.717) is 15.5 Å². The zero-order chi connectivity index (χ0) is 11.0. The predicted molar refractivity (Wildman–Crippen MR) is 53.1 cm³/mol. The molecule has 16 heavy (non-hydrogen) atoms. The van der Waals surface area contributed by atoms with Gasteiger partial charge in [0.25, 0.3) is 0 Å². The number of H-pyrrole nitrogens is 1. The molecule has 1 N–H and O–H groups in total. The van der Waals surface area contributed by atoms with E-state index in [4.69, 9.17) is 0 Å². The number of halogens is 1. The number of aromatic amines is 1. The average molecular weight is 307 g/mol. The Labute approximate surface area is 141 Å². The number of nitrogens with one attached hydrogen (secondary N) is 1. The molecule has 2 heterocycles. The van der Waals surface area contributed by atoms with Gasteiger partial charge in [0, 0.05) is 23.3 Å². The van der Waals surface area contributed by atoms with Crippen molar-refractivity contribution in [3.05, 3.63) is 28.6 Å². The van der Waals surface area contributed by atoms with Gasteiger partial charge in [-0.25, -0.2) is 4.98 Å². The minimum absolute atomic E-state index is 0. The van der Waals surface area contributed by atoms with Gasteiger partial charge in [0.1, 0.15) is 10.6 Å². The molecule has 0 aromatic carbocycles. The molecule has 0 aliphatic rings. The van der Waals surface area contributed by atoms with Crippen LogP contribution in [0.3, 0.4) is 0 Å². The summed E-state index contributed by atoms with van der Waals surface area (Å²) in [4.78, 5) is 28.3. The number of nitrogens with zero attached hydrogens (tertiary/aromatic N) is 1. The SMILES string of the molecule is O=C([O-])C(=O)c1c[nH]c2c(Br)nccc12.[K+]. The summed E-state index contributed by atoms with van der Waals surface area (Å²) in [7, 11) is 0. The number of carbonyl (C=O) groups excluding carboxylic acids is 2. The fraction of sp³-hybridized carbons (Fsp3) is 0. The van der Waals surface area contributed by atoms with Crippen LogP contribution in [0.1, 0.15) is 10.4 Å². The van der Waals surface area contributed by atoms with Crippen LogP contribution in [-0.4, -0.2) is 21.7 Å². The summed E-state index contributed by atoms with van der Waals surface area (Å²) in [6.07, 6.45) is 2.81. The number of pyridine rings is 1. The van der Waals surface area contributed by atoms with E-state index in [1.807, 2.05) is 0 Å². The van der Waals surface area contributed by atoms with Crippen LogP contribution in [0.25, 0.3) is 10.9 Å². The van der Waals surface area contributed by atoms with Gasteiger partial charge in [-0.05, 0) is 22.0 Å². The van der Waals surface area contributed by atoms with Gasteiger partial charge < -0.3 is 14.9 Å². The van der Waals surface area contributed by atoms with E-state index in [0.717, 1.165) is 0 Å². The second kappa shape index (κ2) is 5.52. The molecule has 0 spiro atoms. The molecular weight excluding hydrogens is 303 g/mol. The number of fused-ring (bicyclic) bond motifs is 1. The van der Waals surface area contributed by atoms with E-state index in [1.165, 1.54) is 12.4 Å². The van der Waals surface area contributed by atoms with E-state index in [-0.39, 0.29) is 56.9 Å². The zero-order valence-corrected chi connectivity index (χ0v) is 13.0. The summed E-state index contributed by atoms with van der Waals surface area (Å²) in [5.41, 5.74) is 0.662. The minimum Gasteiger partial charge on any atom is -0.541 e. The van der Waals surface area contributed by atoms with Crippen LogP contribution in [-0.2, 0) is 4.79 Å². The molecular formula is C9H4BrKN2O3. The second-order valence-electron chi connectivity index (χ2n) is 2.84. The number of aliphatic carboxylic acids is 1. The minimum atomic E-state index is -1.72. The molecule has 2 rings (SSSR count). The summed E-state index contributed by atoms with van der Waals surface area (Å²) >= 11 is 3.18. The summed E-state index contributed by atoms with van der Waals surface area (Å²) in [5, 5.41) is 10.9. The summed E-state index contributed by atoms with van der Waals surface area (Å²) in [6, 6.07) is 1.56. The Hall–Kier alpha value is -0.0536. The maximum absolute atomic E-state index is 11.2. The molecule has 0 aliphatic carbocycles. The topological polar surface area (TPSA) is 85.9 Å². The molecule has 5 nitrogen and oxygen atoms in total. The van der Waals surface area contributed by atoms with Crippen LogP contribution in [0.4, 0.5) is 0 Å². The molecule has 0 atom stereocenters. The van der Waals surface area contributed by atoms with Crippen molar-refractivity contribution in [3.8, 4) is 0 Å². The van der Waals surface area contributed by atoms with Gasteiger partial charge in [-0.1, -0.05) is 0 Å². The first-order valence-corrected chi connectivity index (χ1v) is 4.78. The first kappa shape index (κ1) is 14.0. The van der Waals surface area contributed by atoms with E-state index < -0.39 is 11.8 Å². The molecule has 2 aromatic heterocycles. The van der Waals surface area contributed by atoms with Crippen LogP contribution < -0.4 is 56.5 Å². The van der Waals surface area contributed by atoms with Crippen LogP contribution in [0.5, 0.6) is 0 Å². The Morgan fingerprint density at radius 3 is 2.75 bits per heavy atom. The molecule has 2 aromatic rings. The first-order valence-electron chi connectivity index (χ1n) is 3.98. The number of hydrogen-bond acceptors (Lipinski definition) is 4. The molecule has 0 saturated heterocycles. The van der Waals surface area contributed by atoms with E-state index in [1.54, 1.807) is 6.07 Å². The van der Waals surface area contributed by atoms with Crippen molar-refractivity contribution in [1.29, 1.82) is 0 Å². The Bertz CT molecular complexity index is 567. The number of carboxylic acid groups (broad SMARTS) is 1. The number of carbonyl (C=O) groups is 2. The Balaban J connectivity index is 0.00000128. The van der Waals surface area contributed by atoms with Crippen LogP contribution in [0, 0.1) is 0 Å². The molecule has 7 heteroatoms. The van der Waals surface area contributed by atoms with E-state index in [2.05, 4.69) is 25.9 Å². The number of Topliss-reactive ketones (excluding diaryl/α,β-unsaturated/α-hetero) is 1. The normalized spacial score (nSPS) is 9.81. The van der Waals surface area contributed by atoms with E-state index in [9.17, 15) is 14.7 Å². The number of aromatic nitrogens is 2. The van der Waals surface area contributed by atoms with Crippen molar-refractivity contribution in [1.82, 2.24) is 9.97 Å². The molecule has 0 aliphatic heterocycles. The third-order valence-electron chi connectivity index (χ3n) is 1.99. The predicted octanol–water partition coefficient (Wildman–Crippen LogP) is -2.74. The van der Waals surface area contributed by atoms with Gasteiger partial charge >= 0.3 is 51.4 Å². The maximum atomic E-state index is 11.2. The molecule has 0 saturated carbocycles. The van der Waals surface area contributed by atoms with Gasteiger partial charge in [0.15, 0.2) is 0 Å². The zero-order valence-electron chi connectivity index (χ0n) is 8.28. The third-order valence-corrected chi connectivity index (χ3v) is 2.59. The molecule has 0 amide bonds. The van der Waals surface area contributed by atoms with Gasteiger partial charge in [-0.2, -0.15) is 0 Å². The first-order chi connectivity index (χ1) is 7.11.